The highest BCUT2D eigenvalue weighted by molar-refractivity contribution is 5.28. The average Bonchev–Trinajstić information content (AvgIpc) is 2.28. The van der Waals surface area contributed by atoms with Crippen LogP contribution in [0.2, 0.25) is 0 Å². The third-order valence-electron chi connectivity index (χ3n) is 3.83. The zero-order valence-corrected chi connectivity index (χ0v) is 11.6. The van der Waals surface area contributed by atoms with E-state index >= 15 is 0 Å². The van der Waals surface area contributed by atoms with Crippen molar-refractivity contribution in [3.05, 3.63) is 29.8 Å². The molecule has 1 atom stereocenters. The number of piperidine rings is 1. The van der Waals surface area contributed by atoms with E-state index in [4.69, 9.17) is 0 Å². The summed E-state index contributed by atoms with van der Waals surface area (Å²) in [4.78, 5) is 0. The molecule has 0 radical (unpaired) electrons. The molecule has 0 spiro atoms. The van der Waals surface area contributed by atoms with Crippen LogP contribution in [0.5, 0.6) is 5.75 Å². The van der Waals surface area contributed by atoms with Crippen molar-refractivity contribution in [2.45, 2.75) is 51.5 Å². The summed E-state index contributed by atoms with van der Waals surface area (Å²) in [6.45, 7) is 5.71. The van der Waals surface area contributed by atoms with Gasteiger partial charge < -0.3 is 10.4 Å². The van der Waals surface area contributed by atoms with Gasteiger partial charge in [-0.05, 0) is 55.8 Å². The third kappa shape index (κ3) is 3.49. The van der Waals surface area contributed by atoms with Gasteiger partial charge in [-0.1, -0.05) is 32.4 Å². The van der Waals surface area contributed by atoms with E-state index in [9.17, 15) is 5.11 Å². The van der Waals surface area contributed by atoms with Gasteiger partial charge in [0.05, 0.1) is 0 Å². The molecule has 100 valence electrons. The van der Waals surface area contributed by atoms with Gasteiger partial charge in [-0.15, -0.1) is 0 Å². The molecule has 1 unspecified atom stereocenters. The fourth-order valence-corrected chi connectivity index (χ4v) is 3.27. The van der Waals surface area contributed by atoms with Crippen molar-refractivity contribution in [3.8, 4) is 5.75 Å². The summed E-state index contributed by atoms with van der Waals surface area (Å²) in [5.74, 6) is 1.08. The molecule has 1 aromatic rings. The standard InChI is InChI=1S/C16H25NO/c1-13(2)11-16(8-3-4-9-17-16)12-14-6-5-7-15(18)10-14/h5-7,10,13,17-18H,3-4,8-9,11-12H2,1-2H3. The van der Waals surface area contributed by atoms with Crippen molar-refractivity contribution in [1.29, 1.82) is 0 Å². The lowest BCUT2D eigenvalue weighted by Gasteiger charge is -2.40. The first-order valence-corrected chi connectivity index (χ1v) is 7.13. The normalized spacial score (nSPS) is 24.4. The van der Waals surface area contributed by atoms with Crippen molar-refractivity contribution < 1.29 is 5.11 Å². The summed E-state index contributed by atoms with van der Waals surface area (Å²) < 4.78 is 0. The van der Waals surface area contributed by atoms with Crippen molar-refractivity contribution >= 4 is 0 Å². The van der Waals surface area contributed by atoms with Crippen molar-refractivity contribution in [1.82, 2.24) is 5.32 Å². The molecular weight excluding hydrogens is 222 g/mol. The van der Waals surface area contributed by atoms with E-state index in [1.807, 2.05) is 12.1 Å². The van der Waals surface area contributed by atoms with E-state index in [2.05, 4.69) is 25.2 Å². The van der Waals surface area contributed by atoms with Crippen molar-refractivity contribution in [2.75, 3.05) is 6.54 Å². The second-order valence-electron chi connectivity index (χ2n) is 6.11. The number of phenolic OH excluding ortho intramolecular Hbond substituents is 1. The average molecular weight is 247 g/mol. The van der Waals surface area contributed by atoms with Crippen LogP contribution in [0.15, 0.2) is 24.3 Å². The Morgan fingerprint density at radius 2 is 2.17 bits per heavy atom. The SMILES string of the molecule is CC(C)CC1(Cc2cccc(O)c2)CCCCN1. The predicted octanol–water partition coefficient (Wildman–Crippen LogP) is 3.49. The van der Waals surface area contributed by atoms with Gasteiger partial charge in [0, 0.05) is 5.54 Å². The van der Waals surface area contributed by atoms with Crippen LogP contribution in [-0.4, -0.2) is 17.2 Å². The molecule has 0 aromatic heterocycles. The Bertz CT molecular complexity index is 380. The van der Waals surface area contributed by atoms with E-state index in [0.29, 0.717) is 11.7 Å². The molecule has 1 aliphatic heterocycles. The smallest absolute Gasteiger partial charge is 0.115 e. The van der Waals surface area contributed by atoms with Crippen molar-refractivity contribution in [2.24, 2.45) is 5.92 Å². The molecule has 1 heterocycles. The highest BCUT2D eigenvalue weighted by atomic mass is 16.3. The first-order valence-electron chi connectivity index (χ1n) is 7.13. The minimum Gasteiger partial charge on any atom is -0.508 e. The number of phenols is 1. The first kappa shape index (κ1) is 13.4. The van der Waals surface area contributed by atoms with Crippen LogP contribution < -0.4 is 5.32 Å². The molecule has 2 nitrogen and oxygen atoms in total. The van der Waals surface area contributed by atoms with Gasteiger partial charge in [0.2, 0.25) is 0 Å². The van der Waals surface area contributed by atoms with Gasteiger partial charge in [-0.25, -0.2) is 0 Å². The summed E-state index contributed by atoms with van der Waals surface area (Å²) in [5.41, 5.74) is 1.48. The quantitative estimate of drug-likeness (QED) is 0.853. The Kier molecular flexibility index (Phi) is 4.28. The fraction of sp³-hybridized carbons (Fsp3) is 0.625. The Balaban J connectivity index is 2.14. The van der Waals surface area contributed by atoms with Crippen LogP contribution in [-0.2, 0) is 6.42 Å². The molecule has 2 N–H and O–H groups in total. The van der Waals surface area contributed by atoms with E-state index in [1.54, 1.807) is 6.07 Å². The zero-order chi connectivity index (χ0) is 13.0. The lowest BCUT2D eigenvalue weighted by atomic mass is 9.77. The predicted molar refractivity (Wildman–Crippen MR) is 75.9 cm³/mol. The number of hydrogen-bond donors (Lipinski definition) is 2. The summed E-state index contributed by atoms with van der Waals surface area (Å²) in [7, 11) is 0. The second kappa shape index (κ2) is 5.75. The Morgan fingerprint density at radius 1 is 1.33 bits per heavy atom. The monoisotopic (exact) mass is 247 g/mol. The van der Waals surface area contributed by atoms with E-state index in [-0.39, 0.29) is 5.54 Å². The third-order valence-corrected chi connectivity index (χ3v) is 3.83. The maximum atomic E-state index is 9.59. The van der Waals surface area contributed by atoms with Gasteiger partial charge in [0.15, 0.2) is 0 Å². The number of hydrogen-bond acceptors (Lipinski definition) is 2. The molecule has 0 saturated carbocycles. The zero-order valence-electron chi connectivity index (χ0n) is 11.6. The van der Waals surface area contributed by atoms with Gasteiger partial charge >= 0.3 is 0 Å². The fourth-order valence-electron chi connectivity index (χ4n) is 3.27. The second-order valence-corrected chi connectivity index (χ2v) is 6.11. The molecule has 1 fully saturated rings. The number of benzene rings is 1. The Hall–Kier alpha value is -1.02. The van der Waals surface area contributed by atoms with Crippen LogP contribution in [0.1, 0.15) is 45.1 Å². The van der Waals surface area contributed by atoms with Gasteiger partial charge in [0.1, 0.15) is 5.75 Å². The Labute approximate surface area is 110 Å². The van der Waals surface area contributed by atoms with E-state index in [1.165, 1.54) is 31.2 Å². The molecule has 0 bridgehead atoms. The van der Waals surface area contributed by atoms with Gasteiger partial charge in [-0.3, -0.25) is 0 Å². The summed E-state index contributed by atoms with van der Waals surface area (Å²) in [5, 5.41) is 13.3. The van der Waals surface area contributed by atoms with Gasteiger partial charge in [-0.2, -0.15) is 0 Å². The maximum absolute atomic E-state index is 9.59. The molecule has 1 aromatic carbocycles. The number of rotatable bonds is 4. The minimum atomic E-state index is 0.236. The van der Waals surface area contributed by atoms with Crippen LogP contribution in [0.3, 0.4) is 0 Å². The van der Waals surface area contributed by atoms with E-state index in [0.717, 1.165) is 13.0 Å². The maximum Gasteiger partial charge on any atom is 0.115 e. The number of nitrogens with one attached hydrogen (secondary N) is 1. The molecule has 1 saturated heterocycles. The molecule has 2 rings (SSSR count). The minimum absolute atomic E-state index is 0.236. The first-order chi connectivity index (χ1) is 8.60. The lowest BCUT2D eigenvalue weighted by Crippen LogP contribution is -2.51. The van der Waals surface area contributed by atoms with Crippen molar-refractivity contribution in [3.63, 3.8) is 0 Å². The molecule has 0 aliphatic carbocycles. The molecule has 18 heavy (non-hydrogen) atoms. The molecule has 1 aliphatic rings. The van der Waals surface area contributed by atoms with Crippen LogP contribution in [0.4, 0.5) is 0 Å². The lowest BCUT2D eigenvalue weighted by molar-refractivity contribution is 0.210. The molecule has 2 heteroatoms. The highest BCUT2D eigenvalue weighted by Gasteiger charge is 2.32. The topological polar surface area (TPSA) is 32.3 Å². The highest BCUT2D eigenvalue weighted by Crippen LogP contribution is 2.30. The van der Waals surface area contributed by atoms with Crippen LogP contribution in [0.25, 0.3) is 0 Å². The Morgan fingerprint density at radius 3 is 2.78 bits per heavy atom. The van der Waals surface area contributed by atoms with Crippen LogP contribution >= 0.6 is 0 Å². The summed E-state index contributed by atoms with van der Waals surface area (Å²) in [6.07, 6.45) is 6.10. The molecule has 0 amide bonds. The summed E-state index contributed by atoms with van der Waals surface area (Å²) in [6, 6.07) is 7.71. The number of aromatic hydroxyl groups is 1. The summed E-state index contributed by atoms with van der Waals surface area (Å²) >= 11 is 0. The molecular formula is C16H25NO. The largest absolute Gasteiger partial charge is 0.508 e. The van der Waals surface area contributed by atoms with Gasteiger partial charge in [0.25, 0.3) is 0 Å². The van der Waals surface area contributed by atoms with Crippen LogP contribution in [0, 0.1) is 5.92 Å². The van der Waals surface area contributed by atoms with E-state index < -0.39 is 0 Å².